The molecular formula is C28H29N3O3. The van der Waals surface area contributed by atoms with Crippen molar-refractivity contribution in [2.45, 2.75) is 36.4 Å². The summed E-state index contributed by atoms with van der Waals surface area (Å²) in [4.78, 5) is 6.54. The van der Waals surface area contributed by atoms with Crippen LogP contribution in [0.15, 0.2) is 67.0 Å². The first kappa shape index (κ1) is 22.4. The van der Waals surface area contributed by atoms with Crippen molar-refractivity contribution in [3.05, 3.63) is 89.2 Å². The number of methoxy groups -OCH3 is 1. The van der Waals surface area contributed by atoms with E-state index in [1.54, 1.807) is 31.6 Å². The lowest BCUT2D eigenvalue weighted by molar-refractivity contribution is -0.106. The van der Waals surface area contributed by atoms with E-state index >= 15 is 0 Å². The van der Waals surface area contributed by atoms with Crippen LogP contribution >= 0.6 is 0 Å². The van der Waals surface area contributed by atoms with Gasteiger partial charge in [-0.2, -0.15) is 5.26 Å². The number of hydrogen-bond donors (Lipinski definition) is 1. The summed E-state index contributed by atoms with van der Waals surface area (Å²) in [6.07, 6.45) is 5.95. The van der Waals surface area contributed by atoms with Gasteiger partial charge in [0.05, 0.1) is 36.7 Å². The quantitative estimate of drug-likeness (QED) is 0.633. The Labute approximate surface area is 200 Å². The molecule has 3 aliphatic rings. The fraction of sp³-hybridized carbons (Fsp3) is 0.357. The molecule has 34 heavy (non-hydrogen) atoms. The maximum atomic E-state index is 12.2. The molecule has 0 radical (unpaired) electrons. The van der Waals surface area contributed by atoms with Gasteiger partial charge in [-0.25, -0.2) is 0 Å². The van der Waals surface area contributed by atoms with Crippen LogP contribution in [0.25, 0.3) is 0 Å². The summed E-state index contributed by atoms with van der Waals surface area (Å²) in [5.41, 5.74) is 0.860. The standard InChI is InChI=1S/C24H20N2O3.C4H9N/c1-28-20-14-26-15-21-22(20)23(27)12-11-19(17-5-3-2-4-6-17)24(23,29-21)18-9-7-16(13-25)8-10-18;1-5-3-2-4-5/h2-10,14-15,19,27H,11-12H2,1H3;2-4H2,1H3/t19-,23+,24-;/m0./s1. The molecule has 6 rings (SSSR count). The van der Waals surface area contributed by atoms with Crippen molar-refractivity contribution in [1.82, 2.24) is 9.88 Å². The number of benzene rings is 2. The van der Waals surface area contributed by atoms with E-state index < -0.39 is 11.2 Å². The number of aliphatic hydroxyl groups is 1. The Morgan fingerprint density at radius 2 is 1.82 bits per heavy atom. The zero-order chi connectivity index (χ0) is 23.8. The Morgan fingerprint density at radius 1 is 1.12 bits per heavy atom. The van der Waals surface area contributed by atoms with Crippen molar-refractivity contribution >= 4 is 0 Å². The molecule has 2 aliphatic heterocycles. The number of pyridine rings is 1. The highest BCUT2D eigenvalue weighted by molar-refractivity contribution is 5.57. The van der Waals surface area contributed by atoms with Gasteiger partial charge in [0.15, 0.2) is 5.60 Å². The van der Waals surface area contributed by atoms with Gasteiger partial charge in [-0.05, 0) is 62.7 Å². The fourth-order valence-corrected chi connectivity index (χ4v) is 5.59. The molecule has 1 aromatic heterocycles. The van der Waals surface area contributed by atoms with Gasteiger partial charge in [-0.15, -0.1) is 0 Å². The van der Waals surface area contributed by atoms with Crippen LogP contribution in [0.5, 0.6) is 11.5 Å². The maximum Gasteiger partial charge on any atom is 0.174 e. The number of nitrogens with zero attached hydrogens (tertiary/aromatic N) is 3. The minimum atomic E-state index is -1.27. The van der Waals surface area contributed by atoms with Gasteiger partial charge >= 0.3 is 0 Å². The van der Waals surface area contributed by atoms with Crippen LogP contribution in [-0.4, -0.2) is 42.2 Å². The fourth-order valence-electron chi connectivity index (χ4n) is 5.59. The van der Waals surface area contributed by atoms with E-state index in [0.29, 0.717) is 29.0 Å². The third-order valence-corrected chi connectivity index (χ3v) is 7.41. The van der Waals surface area contributed by atoms with Crippen LogP contribution in [0.1, 0.15) is 47.4 Å². The Hall–Kier alpha value is -3.40. The monoisotopic (exact) mass is 455 g/mol. The molecule has 0 spiro atoms. The van der Waals surface area contributed by atoms with Crippen molar-refractivity contribution in [2.75, 3.05) is 27.2 Å². The first-order valence-electron chi connectivity index (χ1n) is 11.7. The molecule has 1 aliphatic carbocycles. The van der Waals surface area contributed by atoms with Crippen LogP contribution in [0, 0.1) is 11.3 Å². The van der Waals surface area contributed by atoms with Crippen LogP contribution in [0.2, 0.25) is 0 Å². The predicted octanol–water partition coefficient (Wildman–Crippen LogP) is 4.34. The van der Waals surface area contributed by atoms with Crippen molar-refractivity contribution in [3.8, 4) is 17.6 Å². The van der Waals surface area contributed by atoms with Crippen LogP contribution in [0.4, 0.5) is 0 Å². The number of aromatic nitrogens is 1. The van der Waals surface area contributed by atoms with E-state index in [4.69, 9.17) is 9.47 Å². The van der Waals surface area contributed by atoms with Gasteiger partial charge in [-0.3, -0.25) is 4.98 Å². The summed E-state index contributed by atoms with van der Waals surface area (Å²) in [7, 11) is 3.72. The largest absolute Gasteiger partial charge is 0.495 e. The minimum Gasteiger partial charge on any atom is -0.495 e. The Kier molecular flexibility index (Phi) is 5.76. The second kappa shape index (κ2) is 8.75. The van der Waals surface area contributed by atoms with E-state index in [1.165, 1.54) is 19.5 Å². The Morgan fingerprint density at radius 3 is 2.41 bits per heavy atom. The summed E-state index contributed by atoms with van der Waals surface area (Å²) in [5, 5.41) is 21.4. The molecule has 3 aromatic rings. The first-order valence-corrected chi connectivity index (χ1v) is 11.7. The Bertz CT molecular complexity index is 1200. The number of hydrogen-bond acceptors (Lipinski definition) is 6. The molecule has 1 N–H and O–H groups in total. The highest BCUT2D eigenvalue weighted by atomic mass is 16.5. The van der Waals surface area contributed by atoms with E-state index in [0.717, 1.165) is 17.5 Å². The van der Waals surface area contributed by atoms with E-state index in [9.17, 15) is 10.4 Å². The van der Waals surface area contributed by atoms with Gasteiger partial charge in [0.2, 0.25) is 0 Å². The van der Waals surface area contributed by atoms with Crippen molar-refractivity contribution < 1.29 is 14.6 Å². The number of likely N-dealkylation sites (tertiary alicyclic amines) is 1. The number of rotatable bonds is 3. The summed E-state index contributed by atoms with van der Waals surface area (Å²) in [6, 6.07) is 19.6. The molecule has 2 fully saturated rings. The predicted molar refractivity (Wildman–Crippen MR) is 129 cm³/mol. The lowest BCUT2D eigenvalue weighted by atomic mass is 9.71. The third-order valence-electron chi connectivity index (χ3n) is 7.41. The summed E-state index contributed by atoms with van der Waals surface area (Å²) >= 11 is 0. The topological polar surface area (TPSA) is 78.6 Å². The molecule has 0 amide bonds. The average Bonchev–Trinajstić information content (AvgIpc) is 3.30. The smallest absolute Gasteiger partial charge is 0.174 e. The zero-order valence-corrected chi connectivity index (χ0v) is 19.6. The molecule has 2 aromatic carbocycles. The van der Waals surface area contributed by atoms with Gasteiger partial charge < -0.3 is 19.5 Å². The second-order valence-electron chi connectivity index (χ2n) is 9.26. The molecular weight excluding hydrogens is 426 g/mol. The van der Waals surface area contributed by atoms with E-state index in [2.05, 4.69) is 35.1 Å². The Balaban J connectivity index is 0.000000429. The summed E-state index contributed by atoms with van der Waals surface area (Å²) < 4.78 is 12.2. The minimum absolute atomic E-state index is 0.0706. The molecule has 0 bridgehead atoms. The van der Waals surface area contributed by atoms with Gasteiger partial charge in [0.1, 0.15) is 17.1 Å². The highest BCUT2D eigenvalue weighted by Gasteiger charge is 2.69. The van der Waals surface area contributed by atoms with Gasteiger partial charge in [0, 0.05) is 5.92 Å². The SMILES string of the molecule is CN1CCC1.COc1cncc2c1[C@]1(O)CC[C@@H](c3ccccc3)[C@]1(c1ccc(C#N)cc1)O2. The number of nitriles is 1. The van der Waals surface area contributed by atoms with Crippen molar-refractivity contribution in [1.29, 1.82) is 5.26 Å². The lowest BCUT2D eigenvalue weighted by Gasteiger charge is -2.40. The van der Waals surface area contributed by atoms with Crippen LogP contribution in [0.3, 0.4) is 0 Å². The molecule has 6 heteroatoms. The van der Waals surface area contributed by atoms with Crippen molar-refractivity contribution in [2.24, 2.45) is 0 Å². The third kappa shape index (κ3) is 3.35. The molecule has 1 saturated carbocycles. The summed E-state index contributed by atoms with van der Waals surface area (Å²) in [6.45, 7) is 2.64. The zero-order valence-electron chi connectivity index (χ0n) is 19.6. The molecule has 1 saturated heterocycles. The number of fused-ring (bicyclic) bond motifs is 3. The normalized spacial score (nSPS) is 26.7. The van der Waals surface area contributed by atoms with Crippen molar-refractivity contribution in [3.63, 3.8) is 0 Å². The second-order valence-corrected chi connectivity index (χ2v) is 9.26. The van der Waals surface area contributed by atoms with Crippen LogP contribution < -0.4 is 9.47 Å². The molecule has 0 unspecified atom stereocenters. The first-order chi connectivity index (χ1) is 16.5. The maximum absolute atomic E-state index is 12.2. The molecule has 3 atom stereocenters. The summed E-state index contributed by atoms with van der Waals surface area (Å²) in [5.74, 6) is 0.991. The van der Waals surface area contributed by atoms with Gasteiger partial charge in [-0.1, -0.05) is 42.5 Å². The molecule has 3 heterocycles. The number of ether oxygens (including phenoxy) is 2. The molecule has 6 nitrogen and oxygen atoms in total. The highest BCUT2D eigenvalue weighted by Crippen LogP contribution is 2.67. The van der Waals surface area contributed by atoms with Crippen LogP contribution in [-0.2, 0) is 11.2 Å². The van der Waals surface area contributed by atoms with E-state index in [1.807, 2.05) is 30.3 Å². The molecule has 174 valence electrons. The van der Waals surface area contributed by atoms with Gasteiger partial charge in [0.25, 0.3) is 0 Å². The lowest BCUT2D eigenvalue weighted by Crippen LogP contribution is -2.48. The average molecular weight is 456 g/mol. The van der Waals surface area contributed by atoms with E-state index in [-0.39, 0.29) is 5.92 Å².